The van der Waals surface area contributed by atoms with Crippen molar-refractivity contribution in [1.29, 1.82) is 0 Å². The minimum Gasteiger partial charge on any atom is -0.366 e. The van der Waals surface area contributed by atoms with Gasteiger partial charge in [0.2, 0.25) is 5.91 Å². The van der Waals surface area contributed by atoms with E-state index in [1.807, 2.05) is 25.2 Å². The number of para-hydroxylation sites is 1. The highest BCUT2D eigenvalue weighted by atomic mass is 32.1. The number of benzene rings is 1. The maximum Gasteiger partial charge on any atom is 0.246 e. The van der Waals surface area contributed by atoms with E-state index in [0.717, 1.165) is 18.5 Å². The Balaban J connectivity index is 1.58. The van der Waals surface area contributed by atoms with Crippen molar-refractivity contribution in [2.24, 2.45) is 23.2 Å². The van der Waals surface area contributed by atoms with E-state index in [1.165, 1.54) is 32.1 Å². The van der Waals surface area contributed by atoms with Crippen LogP contribution in [0, 0.1) is 23.2 Å². The normalized spacial score (nSPS) is 29.5. The third-order valence-corrected chi connectivity index (χ3v) is 8.83. The number of thiocarbonyl (C=S) groups is 1. The molecule has 1 amide bonds. The van der Waals surface area contributed by atoms with Gasteiger partial charge < -0.3 is 15.1 Å². The van der Waals surface area contributed by atoms with Crippen LogP contribution in [0.2, 0.25) is 0 Å². The molecule has 4 nitrogen and oxygen atoms in total. The Hall–Kier alpha value is -1.62. The molecule has 0 aromatic heterocycles. The van der Waals surface area contributed by atoms with Crippen LogP contribution in [0.1, 0.15) is 65.7 Å². The predicted octanol–water partition coefficient (Wildman–Crippen LogP) is 5.23. The van der Waals surface area contributed by atoms with Gasteiger partial charge in [0.05, 0.1) is 6.54 Å². The summed E-state index contributed by atoms with van der Waals surface area (Å²) < 4.78 is 0. The first-order chi connectivity index (χ1) is 14.8. The van der Waals surface area contributed by atoms with E-state index >= 15 is 0 Å². The first-order valence-corrected chi connectivity index (χ1v) is 12.6. The summed E-state index contributed by atoms with van der Waals surface area (Å²) in [4.78, 5) is 18.2. The molecule has 0 spiro atoms. The minimum atomic E-state index is 0.185. The monoisotopic (exact) mass is 441 g/mol. The van der Waals surface area contributed by atoms with Gasteiger partial charge in [-0.1, -0.05) is 58.2 Å². The van der Waals surface area contributed by atoms with Crippen molar-refractivity contribution in [3.63, 3.8) is 0 Å². The first kappa shape index (κ1) is 22.6. The van der Waals surface area contributed by atoms with E-state index in [2.05, 4.69) is 48.0 Å². The fraction of sp³-hybridized carbons (Fsp3) is 0.692. The van der Waals surface area contributed by atoms with Crippen molar-refractivity contribution in [1.82, 2.24) is 10.2 Å². The van der Waals surface area contributed by atoms with Crippen LogP contribution in [0.5, 0.6) is 0 Å². The molecule has 31 heavy (non-hydrogen) atoms. The molecule has 170 valence electrons. The van der Waals surface area contributed by atoms with Gasteiger partial charge in [-0.15, -0.1) is 0 Å². The molecule has 3 aliphatic rings. The first-order valence-electron chi connectivity index (χ1n) is 12.2. The fourth-order valence-corrected chi connectivity index (χ4v) is 7.30. The third kappa shape index (κ3) is 4.35. The molecular formula is C26H39N3OS. The number of amides is 1. The van der Waals surface area contributed by atoms with Gasteiger partial charge in [-0.25, -0.2) is 0 Å². The molecule has 3 fully saturated rings. The molecule has 0 radical (unpaired) electrons. The van der Waals surface area contributed by atoms with Crippen LogP contribution < -0.4 is 10.2 Å². The molecular weight excluding hydrogens is 402 g/mol. The summed E-state index contributed by atoms with van der Waals surface area (Å²) >= 11 is 5.76. The molecule has 5 heteroatoms. The van der Waals surface area contributed by atoms with E-state index in [0.29, 0.717) is 46.9 Å². The summed E-state index contributed by atoms with van der Waals surface area (Å²) in [5.74, 6) is 2.06. The average Bonchev–Trinajstić information content (AvgIpc) is 3.25. The average molecular weight is 442 g/mol. The number of carbonyl (C=O) groups is 1. The van der Waals surface area contributed by atoms with Crippen molar-refractivity contribution < 1.29 is 4.79 Å². The fourth-order valence-electron chi connectivity index (χ4n) is 7.11. The predicted molar refractivity (Wildman–Crippen MR) is 132 cm³/mol. The lowest BCUT2D eigenvalue weighted by molar-refractivity contribution is -0.120. The summed E-state index contributed by atoms with van der Waals surface area (Å²) in [5.41, 5.74) is 1.42. The van der Waals surface area contributed by atoms with E-state index in [1.54, 1.807) is 0 Å². The summed E-state index contributed by atoms with van der Waals surface area (Å²) in [7, 11) is 1.89. The molecule has 1 aromatic rings. The summed E-state index contributed by atoms with van der Waals surface area (Å²) in [6.07, 6.45) is 8.37. The summed E-state index contributed by atoms with van der Waals surface area (Å²) in [5, 5.41) is 3.91. The lowest BCUT2D eigenvalue weighted by Crippen LogP contribution is -2.56. The Morgan fingerprint density at radius 3 is 2.42 bits per heavy atom. The quantitative estimate of drug-likeness (QED) is 0.635. The van der Waals surface area contributed by atoms with Crippen LogP contribution in [-0.4, -0.2) is 41.6 Å². The van der Waals surface area contributed by atoms with Gasteiger partial charge in [0.1, 0.15) is 0 Å². The van der Waals surface area contributed by atoms with Crippen LogP contribution in [0.3, 0.4) is 0 Å². The zero-order valence-corrected chi connectivity index (χ0v) is 20.5. The van der Waals surface area contributed by atoms with E-state index < -0.39 is 0 Å². The number of carbonyl (C=O) groups excluding carboxylic acids is 1. The highest BCUT2D eigenvalue weighted by molar-refractivity contribution is 7.80. The van der Waals surface area contributed by atoms with Gasteiger partial charge in [-0.05, 0) is 73.2 Å². The molecule has 4 atom stereocenters. The highest BCUT2D eigenvalue weighted by Gasteiger charge is 2.56. The van der Waals surface area contributed by atoms with Crippen molar-refractivity contribution in [3.8, 4) is 0 Å². The Morgan fingerprint density at radius 2 is 1.84 bits per heavy atom. The maximum atomic E-state index is 13.9. The van der Waals surface area contributed by atoms with Gasteiger partial charge in [0, 0.05) is 24.8 Å². The molecule has 0 saturated heterocycles. The second-order valence-corrected chi connectivity index (χ2v) is 11.1. The third-order valence-electron chi connectivity index (χ3n) is 8.39. The zero-order valence-electron chi connectivity index (χ0n) is 19.6. The minimum absolute atomic E-state index is 0.185. The van der Waals surface area contributed by atoms with E-state index in [4.69, 9.17) is 12.2 Å². The number of nitrogens with zero attached hydrogens (tertiary/aromatic N) is 2. The van der Waals surface area contributed by atoms with Crippen LogP contribution in [-0.2, 0) is 4.79 Å². The van der Waals surface area contributed by atoms with Crippen LogP contribution in [0.4, 0.5) is 5.69 Å². The number of fused-ring (bicyclic) bond motifs is 2. The van der Waals surface area contributed by atoms with E-state index in [9.17, 15) is 4.79 Å². The van der Waals surface area contributed by atoms with Crippen LogP contribution in [0.25, 0.3) is 0 Å². The largest absolute Gasteiger partial charge is 0.366 e. The Morgan fingerprint density at radius 1 is 1.16 bits per heavy atom. The standard InChI is InChI=1S/C26H39N3OS/c1-18-22-15-19(16-26(22,2)3)24(18)28(25(31)27-4)17-23(30)29(20-11-7-5-8-12-20)21-13-9-6-10-14-21/h5,7-8,11-12,18-19,21-22,24H,6,9-10,13-17H2,1-4H3,(H,27,31). The molecule has 0 aliphatic heterocycles. The Labute approximate surface area is 193 Å². The molecule has 3 saturated carbocycles. The van der Waals surface area contributed by atoms with Gasteiger partial charge >= 0.3 is 0 Å². The van der Waals surface area contributed by atoms with Crippen molar-refractivity contribution in [2.75, 3.05) is 18.5 Å². The van der Waals surface area contributed by atoms with E-state index in [-0.39, 0.29) is 5.91 Å². The van der Waals surface area contributed by atoms with Gasteiger partial charge in [-0.3, -0.25) is 4.79 Å². The molecule has 2 bridgehead atoms. The highest BCUT2D eigenvalue weighted by Crippen LogP contribution is 2.59. The van der Waals surface area contributed by atoms with Crippen LogP contribution in [0.15, 0.2) is 30.3 Å². The number of anilines is 1. The maximum absolute atomic E-state index is 13.9. The lowest BCUT2D eigenvalue weighted by Gasteiger charge is -2.45. The molecule has 1 aromatic carbocycles. The van der Waals surface area contributed by atoms with Gasteiger partial charge in [0.15, 0.2) is 5.11 Å². The molecule has 0 heterocycles. The Bertz CT molecular complexity index is 787. The Kier molecular flexibility index (Phi) is 6.62. The molecule has 4 unspecified atom stereocenters. The number of hydrogen-bond donors (Lipinski definition) is 1. The summed E-state index contributed by atoms with van der Waals surface area (Å²) in [6.45, 7) is 7.57. The van der Waals surface area contributed by atoms with Gasteiger partial charge in [-0.2, -0.15) is 0 Å². The smallest absolute Gasteiger partial charge is 0.246 e. The van der Waals surface area contributed by atoms with Crippen molar-refractivity contribution >= 4 is 28.9 Å². The molecule has 3 aliphatic carbocycles. The zero-order chi connectivity index (χ0) is 22.2. The second kappa shape index (κ2) is 9.09. The molecule has 4 rings (SSSR count). The molecule has 1 N–H and O–H groups in total. The number of hydrogen-bond acceptors (Lipinski definition) is 2. The SMILES string of the molecule is CNC(=S)N(CC(=O)N(c1ccccc1)C1CCCCC1)C1C2CC(C1C)C(C)(C)C2. The summed E-state index contributed by atoms with van der Waals surface area (Å²) in [6, 6.07) is 10.9. The van der Waals surface area contributed by atoms with Crippen molar-refractivity contribution in [2.45, 2.75) is 77.8 Å². The number of rotatable bonds is 5. The van der Waals surface area contributed by atoms with Crippen molar-refractivity contribution in [3.05, 3.63) is 30.3 Å². The van der Waals surface area contributed by atoms with Gasteiger partial charge in [0.25, 0.3) is 0 Å². The number of nitrogens with one attached hydrogen (secondary N) is 1. The second-order valence-electron chi connectivity index (χ2n) is 10.7. The topological polar surface area (TPSA) is 35.6 Å². The van der Waals surface area contributed by atoms with Crippen LogP contribution >= 0.6 is 12.2 Å². The lowest BCUT2D eigenvalue weighted by atomic mass is 9.69.